The van der Waals surface area contributed by atoms with E-state index in [4.69, 9.17) is 72.2 Å². The molecule has 0 fully saturated rings. The van der Waals surface area contributed by atoms with Gasteiger partial charge in [-0.15, -0.1) is 0 Å². The third kappa shape index (κ3) is 49.1. The molecule has 0 unspecified atom stereocenters. The van der Waals surface area contributed by atoms with Gasteiger partial charge < -0.3 is 139 Å². The molecule has 0 saturated carbocycles. The standard InChI is InChI=1S/6C15H15N2O2.3CH4O.4Mo.H2O.Zn/c6*1-18-14-7-3-12(4-8-14)16-11-17-13-5-9-15(19-2)10-6-13;3*1-2;;;;;;/h6*3-11H,1-2H3;3*2H,1H3;;;;;1H2;/q6*-1;;;;;;2*+2;;+2. The number of nitrogens with zero attached hydrogens (tertiary/aromatic N) is 12. The van der Waals surface area contributed by atoms with Crippen LogP contribution in [0.15, 0.2) is 321 Å². The summed E-state index contributed by atoms with van der Waals surface area (Å²) in [6.07, 6.45) is 9.19. The van der Waals surface area contributed by atoms with Crippen LogP contribution in [0.4, 0.5) is 68.2 Å². The summed E-state index contributed by atoms with van der Waals surface area (Å²) in [6.45, 7) is 0. The van der Waals surface area contributed by atoms with Gasteiger partial charge in [0.05, 0.1) is 85.3 Å². The number of aliphatic hydroxyl groups excluding tert-OH is 3. The average molecular weight is 2100 g/mol. The summed E-state index contributed by atoms with van der Waals surface area (Å²) in [6, 6.07) is 89.6. The topological polar surface area (TPSA) is 362 Å². The predicted molar refractivity (Wildman–Crippen MR) is 491 cm³/mol. The van der Waals surface area contributed by atoms with Crippen molar-refractivity contribution in [3.05, 3.63) is 323 Å². The predicted octanol–water partition coefficient (Wildman–Crippen LogP) is 22.4. The molecule has 12 rings (SSSR count). The van der Waals surface area contributed by atoms with Crippen LogP contribution in [0.2, 0.25) is 0 Å². The van der Waals surface area contributed by atoms with E-state index in [9.17, 15) is 0 Å². The molecule has 0 amide bonds. The molecule has 33 heteroatoms. The zero-order chi connectivity index (χ0) is 87.0. The smallest absolute Gasteiger partial charge is 0.497 e. The molecule has 0 aliphatic carbocycles. The minimum absolute atomic E-state index is 0. The van der Waals surface area contributed by atoms with Crippen molar-refractivity contribution in [3.63, 3.8) is 0 Å². The minimum atomic E-state index is 0. The second kappa shape index (κ2) is 74.7. The maximum atomic E-state index is 7.00. The van der Waals surface area contributed by atoms with E-state index in [1.165, 1.54) is 38.0 Å². The number of benzene rings is 12. The van der Waals surface area contributed by atoms with E-state index in [-0.39, 0.29) is 109 Å². The van der Waals surface area contributed by atoms with E-state index in [2.05, 4.69) is 61.9 Å². The van der Waals surface area contributed by atoms with E-state index in [0.717, 1.165) is 159 Å². The van der Waals surface area contributed by atoms with Gasteiger partial charge in [-0.3, -0.25) is 0 Å². The van der Waals surface area contributed by atoms with Crippen LogP contribution in [0.25, 0.3) is 31.9 Å². The second-order valence-corrected chi connectivity index (χ2v) is 22.6. The largest absolute Gasteiger partial charge is 2.00 e. The fourth-order valence-electron chi connectivity index (χ4n) is 8.99. The number of methoxy groups -OCH3 is 12. The van der Waals surface area contributed by atoms with Gasteiger partial charge in [0.2, 0.25) is 0 Å². The fraction of sp³-hybridized carbons (Fsp3) is 0.161. The molecule has 0 radical (unpaired) electrons. The Hall–Kier alpha value is -11.7. The molecule has 12 aromatic carbocycles. The summed E-state index contributed by atoms with van der Waals surface area (Å²) in [5.74, 6) is 9.73. The number of hydrogen-bond acceptors (Lipinski definition) is 21. The Morgan fingerprint density at radius 1 is 0.175 bits per heavy atom. The van der Waals surface area contributed by atoms with Crippen molar-refractivity contribution in [2.24, 2.45) is 30.0 Å². The van der Waals surface area contributed by atoms with Crippen LogP contribution < -0.4 is 56.8 Å². The van der Waals surface area contributed by atoms with E-state index < -0.39 is 0 Å². The molecule has 658 valence electrons. The van der Waals surface area contributed by atoms with Crippen molar-refractivity contribution in [1.29, 1.82) is 0 Å². The van der Waals surface area contributed by atoms with Gasteiger partial charge in [0.1, 0.15) is 69.0 Å². The first-order chi connectivity index (χ1) is 58.9. The average Bonchev–Trinajstić information content (AvgIpc) is 0.911. The molecular weight excluding hydrogens is 1990 g/mol. The molecule has 126 heavy (non-hydrogen) atoms. The Balaban J connectivity index is -0.00000141. The summed E-state index contributed by atoms with van der Waals surface area (Å²) in [5, 5.41) is 46.4. The molecule has 0 bridgehead atoms. The van der Waals surface area contributed by atoms with Crippen molar-refractivity contribution >= 4 is 106 Å². The van der Waals surface area contributed by atoms with Crippen LogP contribution >= 0.6 is 0 Å². The molecule has 0 aliphatic heterocycles. The second-order valence-electron chi connectivity index (χ2n) is 22.6. The van der Waals surface area contributed by atoms with Crippen LogP contribution in [-0.2, 0) is 104 Å². The van der Waals surface area contributed by atoms with Crippen molar-refractivity contribution in [2.45, 2.75) is 0 Å². The van der Waals surface area contributed by atoms with E-state index >= 15 is 0 Å². The van der Waals surface area contributed by atoms with Gasteiger partial charge in [0.25, 0.3) is 0 Å². The monoisotopic (exact) mass is 2100 g/mol. The molecular formula is C93H104Mo4N12O16Zn. The van der Waals surface area contributed by atoms with Gasteiger partial charge in [0.15, 0.2) is 0 Å². The fourth-order valence-corrected chi connectivity index (χ4v) is 8.99. The molecule has 28 nitrogen and oxygen atoms in total. The molecule has 0 aromatic heterocycles. The molecule has 0 spiro atoms. The first kappa shape index (κ1) is 118. The number of hydrogen-bond donors (Lipinski definition) is 3. The van der Waals surface area contributed by atoms with Crippen molar-refractivity contribution in [3.8, 4) is 69.0 Å². The first-order valence-electron chi connectivity index (χ1n) is 36.3. The maximum Gasteiger partial charge on any atom is 2.00 e. The molecule has 12 aromatic rings. The summed E-state index contributed by atoms with van der Waals surface area (Å²) < 4.78 is 60.9. The van der Waals surface area contributed by atoms with Crippen LogP contribution in [0.3, 0.4) is 0 Å². The van der Waals surface area contributed by atoms with E-state index in [0.29, 0.717) is 0 Å². The van der Waals surface area contributed by atoms with Crippen LogP contribution in [0.1, 0.15) is 0 Å². The summed E-state index contributed by atoms with van der Waals surface area (Å²) in [4.78, 5) is 25.4. The zero-order valence-corrected chi connectivity index (χ0v) is 83.6. The number of aliphatic hydroxyl groups is 3. The summed E-state index contributed by atoms with van der Waals surface area (Å²) in [5.41, 5.74) is 9.98. The van der Waals surface area contributed by atoms with Crippen LogP contribution in [0.5, 0.6) is 69.0 Å². The van der Waals surface area contributed by atoms with Gasteiger partial charge in [0, 0.05) is 63.5 Å². The molecule has 0 aliphatic rings. The van der Waals surface area contributed by atoms with Gasteiger partial charge >= 0.3 is 61.6 Å². The Morgan fingerprint density at radius 3 is 0.333 bits per heavy atom. The van der Waals surface area contributed by atoms with Crippen molar-refractivity contribution in [2.75, 3.05) is 107 Å². The zero-order valence-electron chi connectivity index (χ0n) is 72.6. The Labute approximate surface area is 809 Å². The molecule has 0 atom stereocenters. The van der Waals surface area contributed by atoms with Crippen LogP contribution in [-0.4, -0.2) is 165 Å². The van der Waals surface area contributed by atoms with E-state index in [1.807, 2.05) is 291 Å². The normalized spacial score (nSPS) is 9.57. The SMILES string of the molecule is CO.CO.CO.COc1ccc(N=C[N-]c2ccc(OC)cc2)cc1.COc1ccc(N=C[N-]c2ccc(OC)cc2)cc1.COc1ccc(N=C[N-]c2ccc(OC)cc2)cc1.COc1ccc(N=C[N-]c2ccc(OC)cc2)cc1.COc1ccc(N=C[N-]c2ccc(OC)cc2)cc1.COc1ccc(N=C[N-]c2ccc(OC)cc2)cc1.O.[Mo+2].[Mo+2].[Mo].[Mo].[Zn+2]. The summed E-state index contributed by atoms with van der Waals surface area (Å²) in [7, 11) is 22.6. The molecule has 0 saturated heterocycles. The van der Waals surface area contributed by atoms with Gasteiger partial charge in [-0.05, 0) is 214 Å². The van der Waals surface area contributed by atoms with Gasteiger partial charge in [-0.25, -0.2) is 0 Å². The number of ether oxygens (including phenoxy) is 12. The Bertz CT molecular complexity index is 4040. The minimum Gasteiger partial charge on any atom is -0.497 e. The maximum absolute atomic E-state index is 7.00. The van der Waals surface area contributed by atoms with Gasteiger partial charge in [-0.1, -0.05) is 184 Å². The van der Waals surface area contributed by atoms with Crippen molar-refractivity contribution < 1.29 is 181 Å². The number of rotatable bonds is 30. The number of aliphatic imine (C=N–C) groups is 6. The first-order valence-corrected chi connectivity index (χ1v) is 36.3. The Morgan fingerprint density at radius 2 is 0.254 bits per heavy atom. The summed E-state index contributed by atoms with van der Waals surface area (Å²) >= 11 is 0. The quantitative estimate of drug-likeness (QED) is 0.0214. The third-order valence-electron chi connectivity index (χ3n) is 15.4. The molecule has 0 heterocycles. The third-order valence-corrected chi connectivity index (χ3v) is 15.4. The van der Waals surface area contributed by atoms with E-state index in [1.54, 1.807) is 85.3 Å². The van der Waals surface area contributed by atoms with Gasteiger partial charge in [-0.2, -0.15) is 0 Å². The molecule has 5 N–H and O–H groups in total. The Kier molecular flexibility index (Phi) is 70.2. The van der Waals surface area contributed by atoms with Crippen LogP contribution in [0, 0.1) is 0 Å². The van der Waals surface area contributed by atoms with Crippen molar-refractivity contribution in [1.82, 2.24) is 0 Å².